The maximum absolute atomic E-state index is 12.3. The van der Waals surface area contributed by atoms with E-state index < -0.39 is 5.97 Å². The Labute approximate surface area is 123 Å². The van der Waals surface area contributed by atoms with Crippen LogP contribution in [0.5, 0.6) is 0 Å². The van der Waals surface area contributed by atoms with E-state index >= 15 is 0 Å². The number of aryl methyl sites for hydroxylation is 1. The minimum Gasteiger partial charge on any atom is -0.478 e. The highest BCUT2D eigenvalue weighted by atomic mass is 32.1. The van der Waals surface area contributed by atoms with Gasteiger partial charge in [0.25, 0.3) is 5.56 Å². The molecule has 0 spiro atoms. The summed E-state index contributed by atoms with van der Waals surface area (Å²) in [6.45, 7) is 2.18. The summed E-state index contributed by atoms with van der Waals surface area (Å²) in [5.74, 6) is -1.02. The Bertz CT molecular complexity index is 881. The molecule has 0 aliphatic rings. The van der Waals surface area contributed by atoms with Crippen molar-refractivity contribution in [2.24, 2.45) is 0 Å². The number of hydrogen-bond donors (Lipinski definition) is 1. The molecule has 0 radical (unpaired) electrons. The van der Waals surface area contributed by atoms with Crippen LogP contribution in [-0.4, -0.2) is 25.6 Å². The van der Waals surface area contributed by atoms with E-state index in [1.54, 1.807) is 6.07 Å². The van der Waals surface area contributed by atoms with E-state index in [9.17, 15) is 9.59 Å². The van der Waals surface area contributed by atoms with E-state index in [4.69, 9.17) is 5.11 Å². The highest BCUT2D eigenvalue weighted by molar-refractivity contribution is 7.17. The Kier molecular flexibility index (Phi) is 3.26. The predicted octanol–water partition coefficient (Wildman–Crippen LogP) is 1.91. The van der Waals surface area contributed by atoms with Gasteiger partial charge in [0.15, 0.2) is 0 Å². The summed E-state index contributed by atoms with van der Waals surface area (Å²) in [5.41, 5.74) is 2.34. The van der Waals surface area contributed by atoms with Gasteiger partial charge in [-0.1, -0.05) is 0 Å². The quantitative estimate of drug-likeness (QED) is 0.798. The molecule has 0 fully saturated rings. The van der Waals surface area contributed by atoms with Crippen LogP contribution in [0.3, 0.4) is 0 Å². The largest absolute Gasteiger partial charge is 0.478 e. The van der Waals surface area contributed by atoms with Crippen LogP contribution in [0.1, 0.15) is 21.6 Å². The van der Waals surface area contributed by atoms with Gasteiger partial charge in [0.05, 0.1) is 29.6 Å². The number of carboxylic acid groups (broad SMARTS) is 1. The number of hydrogen-bond acceptors (Lipinski definition) is 5. The minimum atomic E-state index is -1.02. The molecule has 0 bridgehead atoms. The number of aromatic nitrogens is 3. The van der Waals surface area contributed by atoms with Crippen LogP contribution in [0.4, 0.5) is 0 Å². The maximum atomic E-state index is 12.3. The number of aromatic carboxylic acids is 1. The first-order valence-corrected chi connectivity index (χ1v) is 7.05. The summed E-state index contributed by atoms with van der Waals surface area (Å²) in [5, 5.41) is 10.7. The smallest absolute Gasteiger partial charge is 0.337 e. The average Bonchev–Trinajstić information content (AvgIpc) is 2.85. The topological polar surface area (TPSA) is 85.1 Å². The van der Waals surface area contributed by atoms with Gasteiger partial charge in [-0.2, -0.15) is 0 Å². The van der Waals surface area contributed by atoms with Crippen LogP contribution < -0.4 is 5.56 Å². The molecule has 21 heavy (non-hydrogen) atoms. The molecule has 0 aliphatic carbocycles. The number of thiophene rings is 1. The third-order valence-corrected chi connectivity index (χ3v) is 4.20. The predicted molar refractivity (Wildman–Crippen MR) is 78.9 cm³/mol. The van der Waals surface area contributed by atoms with Crippen LogP contribution in [0.25, 0.3) is 10.2 Å². The highest BCUT2D eigenvalue weighted by Gasteiger charge is 2.09. The lowest BCUT2D eigenvalue weighted by atomic mass is 10.2. The van der Waals surface area contributed by atoms with Crippen LogP contribution in [0, 0.1) is 6.92 Å². The van der Waals surface area contributed by atoms with Crippen molar-refractivity contribution in [1.82, 2.24) is 14.5 Å². The monoisotopic (exact) mass is 301 g/mol. The molecule has 0 aromatic carbocycles. The number of pyridine rings is 1. The maximum Gasteiger partial charge on any atom is 0.337 e. The first-order chi connectivity index (χ1) is 10.1. The molecule has 106 valence electrons. The summed E-state index contributed by atoms with van der Waals surface area (Å²) >= 11 is 1.38. The van der Waals surface area contributed by atoms with Crippen molar-refractivity contribution >= 4 is 27.5 Å². The van der Waals surface area contributed by atoms with Crippen molar-refractivity contribution in [2.75, 3.05) is 0 Å². The normalized spacial score (nSPS) is 10.9. The fourth-order valence-corrected chi connectivity index (χ4v) is 2.94. The lowest BCUT2D eigenvalue weighted by molar-refractivity contribution is 0.0696. The fourth-order valence-electron chi connectivity index (χ4n) is 1.99. The second-order valence-corrected chi connectivity index (χ2v) is 5.50. The molecule has 0 amide bonds. The first kappa shape index (κ1) is 13.4. The minimum absolute atomic E-state index is 0.109. The average molecular weight is 301 g/mol. The van der Waals surface area contributed by atoms with E-state index in [2.05, 4.69) is 9.97 Å². The lowest BCUT2D eigenvalue weighted by Gasteiger charge is -2.05. The molecular weight excluding hydrogens is 290 g/mol. The van der Waals surface area contributed by atoms with Crippen LogP contribution >= 0.6 is 11.3 Å². The summed E-state index contributed by atoms with van der Waals surface area (Å²) in [4.78, 5) is 31.5. The summed E-state index contributed by atoms with van der Waals surface area (Å²) < 4.78 is 2.10. The molecule has 3 rings (SSSR count). The molecule has 0 unspecified atom stereocenters. The van der Waals surface area contributed by atoms with Gasteiger partial charge in [-0.05, 0) is 30.0 Å². The molecule has 0 saturated carbocycles. The van der Waals surface area contributed by atoms with E-state index in [0.717, 1.165) is 11.1 Å². The van der Waals surface area contributed by atoms with E-state index in [0.29, 0.717) is 10.4 Å². The summed E-state index contributed by atoms with van der Waals surface area (Å²) in [6, 6.07) is 3.07. The SMILES string of the molecule is Cc1csc2c(=O)n(Cc3ccc(C(=O)O)cn3)cnc12. The Hall–Kier alpha value is -2.54. The van der Waals surface area contributed by atoms with Gasteiger partial charge in [0.1, 0.15) is 4.70 Å². The van der Waals surface area contributed by atoms with Gasteiger partial charge in [0.2, 0.25) is 0 Å². The fraction of sp³-hybridized carbons (Fsp3) is 0.143. The number of carboxylic acids is 1. The Morgan fingerprint density at radius 2 is 2.19 bits per heavy atom. The van der Waals surface area contributed by atoms with Crippen LogP contribution in [0.2, 0.25) is 0 Å². The van der Waals surface area contributed by atoms with E-state index in [1.807, 2.05) is 12.3 Å². The number of carbonyl (C=O) groups is 1. The highest BCUT2D eigenvalue weighted by Crippen LogP contribution is 2.19. The van der Waals surface area contributed by atoms with Crippen LogP contribution in [0.15, 0.2) is 34.8 Å². The third-order valence-electron chi connectivity index (χ3n) is 3.13. The van der Waals surface area contributed by atoms with Crippen molar-refractivity contribution in [1.29, 1.82) is 0 Å². The molecule has 6 nitrogen and oxygen atoms in total. The van der Waals surface area contributed by atoms with Crippen molar-refractivity contribution in [3.63, 3.8) is 0 Å². The van der Waals surface area contributed by atoms with Crippen LogP contribution in [-0.2, 0) is 6.54 Å². The summed E-state index contributed by atoms with van der Waals surface area (Å²) in [6.07, 6.45) is 2.78. The van der Waals surface area contributed by atoms with Crippen molar-refractivity contribution in [3.05, 3.63) is 57.2 Å². The molecule has 0 saturated heterocycles. The zero-order valence-electron chi connectivity index (χ0n) is 11.1. The standard InChI is InChI=1S/C14H11N3O3S/c1-8-6-21-12-11(8)16-7-17(13(12)18)5-10-3-2-9(4-15-10)14(19)20/h2-4,6-7H,5H2,1H3,(H,19,20). The van der Waals surface area contributed by atoms with Gasteiger partial charge < -0.3 is 5.11 Å². The van der Waals surface area contributed by atoms with Gasteiger partial charge >= 0.3 is 5.97 Å². The molecule has 1 N–H and O–H groups in total. The van der Waals surface area contributed by atoms with Crippen molar-refractivity contribution < 1.29 is 9.90 Å². The lowest BCUT2D eigenvalue weighted by Crippen LogP contribution is -2.20. The zero-order valence-corrected chi connectivity index (χ0v) is 11.9. The van der Waals surface area contributed by atoms with E-state index in [-0.39, 0.29) is 17.7 Å². The second kappa shape index (κ2) is 5.10. The molecule has 3 aromatic rings. The molecule has 3 heterocycles. The number of fused-ring (bicyclic) bond motifs is 1. The van der Waals surface area contributed by atoms with Crippen molar-refractivity contribution in [2.45, 2.75) is 13.5 Å². The number of rotatable bonds is 3. The van der Waals surface area contributed by atoms with Gasteiger partial charge in [0, 0.05) is 6.20 Å². The third kappa shape index (κ3) is 2.43. The number of nitrogens with zero attached hydrogens (tertiary/aromatic N) is 3. The van der Waals surface area contributed by atoms with Gasteiger partial charge in [-0.3, -0.25) is 14.3 Å². The molecule has 3 aromatic heterocycles. The molecule has 0 aliphatic heterocycles. The van der Waals surface area contributed by atoms with Gasteiger partial charge in [-0.25, -0.2) is 9.78 Å². The van der Waals surface area contributed by atoms with Gasteiger partial charge in [-0.15, -0.1) is 11.3 Å². The molecular formula is C14H11N3O3S. The summed E-state index contributed by atoms with van der Waals surface area (Å²) in [7, 11) is 0. The zero-order chi connectivity index (χ0) is 15.0. The van der Waals surface area contributed by atoms with E-state index in [1.165, 1.54) is 34.5 Å². The Balaban J connectivity index is 1.96. The second-order valence-electron chi connectivity index (χ2n) is 4.62. The Morgan fingerprint density at radius 3 is 2.86 bits per heavy atom. The Morgan fingerprint density at radius 1 is 1.38 bits per heavy atom. The molecule has 7 heteroatoms. The van der Waals surface area contributed by atoms with Crippen molar-refractivity contribution in [3.8, 4) is 0 Å². The molecule has 0 atom stereocenters. The first-order valence-electron chi connectivity index (χ1n) is 6.17.